The molecule has 0 aromatic carbocycles. The Morgan fingerprint density at radius 3 is 1.82 bits per heavy atom. The first kappa shape index (κ1) is 13.4. The van der Waals surface area contributed by atoms with Gasteiger partial charge in [-0.05, 0) is 12.8 Å². The van der Waals surface area contributed by atoms with E-state index in [-0.39, 0.29) is 18.3 Å². The molecule has 11 heavy (non-hydrogen) atoms. The second kappa shape index (κ2) is 7.86. The van der Waals surface area contributed by atoms with Gasteiger partial charge in [0.25, 0.3) is 0 Å². The van der Waals surface area contributed by atoms with Crippen molar-refractivity contribution in [3.63, 3.8) is 0 Å². The van der Waals surface area contributed by atoms with E-state index in [2.05, 4.69) is 0 Å². The molecule has 0 bridgehead atoms. The zero-order valence-corrected chi connectivity index (χ0v) is 7.99. The van der Waals surface area contributed by atoms with Crippen molar-refractivity contribution in [1.29, 1.82) is 0 Å². The Morgan fingerprint density at radius 1 is 1.27 bits per heavy atom. The highest BCUT2D eigenvalue weighted by Gasteiger charge is 2.13. The van der Waals surface area contributed by atoms with Gasteiger partial charge in [-0.3, -0.25) is 4.79 Å². The van der Waals surface area contributed by atoms with Crippen LogP contribution in [0.15, 0.2) is 0 Å². The van der Waals surface area contributed by atoms with E-state index in [0.717, 1.165) is 25.7 Å². The van der Waals surface area contributed by atoms with Crippen molar-refractivity contribution in [2.24, 2.45) is 5.92 Å². The number of hydrogen-bond donors (Lipinski definition) is 1. The van der Waals surface area contributed by atoms with Gasteiger partial charge in [0.15, 0.2) is 0 Å². The van der Waals surface area contributed by atoms with E-state index in [0.29, 0.717) is 0 Å². The molecule has 0 fully saturated rings. The molecule has 0 unspecified atom stereocenters. The van der Waals surface area contributed by atoms with Gasteiger partial charge in [0.1, 0.15) is 0 Å². The largest absolute Gasteiger partial charge is 0.481 e. The molecule has 3 heteroatoms. The third kappa shape index (κ3) is 6.17. The van der Waals surface area contributed by atoms with Crippen LogP contribution in [0, 0.1) is 5.92 Å². The van der Waals surface area contributed by atoms with Crippen LogP contribution in [0.1, 0.15) is 39.5 Å². The van der Waals surface area contributed by atoms with Gasteiger partial charge >= 0.3 is 5.97 Å². The number of rotatable bonds is 5. The Hall–Kier alpha value is -0.240. The standard InChI is InChI=1S/C8H16O2.ClH/c1-3-5-7(6-4-2)8(9)10;/h7H,3-6H2,1-2H3,(H,9,10);1H. The quantitative estimate of drug-likeness (QED) is 0.707. The van der Waals surface area contributed by atoms with Crippen LogP contribution in [0.25, 0.3) is 0 Å². The Balaban J connectivity index is 0. The first-order chi connectivity index (χ1) is 4.72. The third-order valence-corrected chi connectivity index (χ3v) is 1.62. The van der Waals surface area contributed by atoms with Gasteiger partial charge in [0.05, 0.1) is 5.92 Å². The van der Waals surface area contributed by atoms with Crippen LogP contribution >= 0.6 is 12.4 Å². The molecule has 1 N–H and O–H groups in total. The van der Waals surface area contributed by atoms with E-state index >= 15 is 0 Å². The van der Waals surface area contributed by atoms with Crippen LogP contribution in [-0.4, -0.2) is 11.1 Å². The van der Waals surface area contributed by atoms with Crippen LogP contribution in [-0.2, 0) is 4.79 Å². The molecular formula is C8H17ClO2. The normalized spacial score (nSPS) is 9.36. The predicted molar refractivity (Wildman–Crippen MR) is 48.2 cm³/mol. The topological polar surface area (TPSA) is 37.3 Å². The molecule has 0 aromatic heterocycles. The molecule has 68 valence electrons. The Labute approximate surface area is 74.4 Å². The second-order valence-corrected chi connectivity index (χ2v) is 2.61. The summed E-state index contributed by atoms with van der Waals surface area (Å²) in [5.41, 5.74) is 0. The fourth-order valence-electron chi connectivity index (χ4n) is 1.09. The van der Waals surface area contributed by atoms with Crippen molar-refractivity contribution in [3.05, 3.63) is 0 Å². The van der Waals surface area contributed by atoms with E-state index in [1.54, 1.807) is 0 Å². The summed E-state index contributed by atoms with van der Waals surface area (Å²) in [7, 11) is 0. The monoisotopic (exact) mass is 180 g/mol. The number of carboxylic acid groups (broad SMARTS) is 1. The van der Waals surface area contributed by atoms with Gasteiger partial charge in [0, 0.05) is 0 Å². The summed E-state index contributed by atoms with van der Waals surface area (Å²) < 4.78 is 0. The minimum atomic E-state index is -0.635. The number of halogens is 1. The maximum Gasteiger partial charge on any atom is 0.306 e. The van der Waals surface area contributed by atoms with Crippen molar-refractivity contribution < 1.29 is 9.90 Å². The second-order valence-electron chi connectivity index (χ2n) is 2.61. The first-order valence-corrected chi connectivity index (χ1v) is 3.95. The summed E-state index contributed by atoms with van der Waals surface area (Å²) in [6, 6.07) is 0. The van der Waals surface area contributed by atoms with Gasteiger partial charge in [-0.2, -0.15) is 0 Å². The zero-order valence-electron chi connectivity index (χ0n) is 7.17. The van der Waals surface area contributed by atoms with E-state index in [1.807, 2.05) is 13.8 Å². The number of carbonyl (C=O) groups is 1. The lowest BCUT2D eigenvalue weighted by Gasteiger charge is -2.07. The molecule has 0 aliphatic heterocycles. The highest BCUT2D eigenvalue weighted by Crippen LogP contribution is 2.12. The summed E-state index contributed by atoms with van der Waals surface area (Å²) in [5.74, 6) is -0.737. The molecule has 2 nitrogen and oxygen atoms in total. The summed E-state index contributed by atoms with van der Waals surface area (Å²) >= 11 is 0. The average molecular weight is 181 g/mol. The van der Waals surface area contributed by atoms with Crippen LogP contribution in [0.4, 0.5) is 0 Å². The lowest BCUT2D eigenvalue weighted by Crippen LogP contribution is -2.12. The van der Waals surface area contributed by atoms with Crippen molar-refractivity contribution in [3.8, 4) is 0 Å². The molecule has 0 saturated carbocycles. The molecule has 0 aliphatic carbocycles. The van der Waals surface area contributed by atoms with Crippen LogP contribution in [0.2, 0.25) is 0 Å². The molecule has 0 saturated heterocycles. The molecule has 0 aliphatic rings. The highest BCUT2D eigenvalue weighted by atomic mass is 35.5. The van der Waals surface area contributed by atoms with Gasteiger partial charge in [-0.1, -0.05) is 26.7 Å². The SMILES string of the molecule is CCCC(CCC)C(=O)O.Cl. The highest BCUT2D eigenvalue weighted by molar-refractivity contribution is 5.85. The summed E-state index contributed by atoms with van der Waals surface area (Å²) in [6.45, 7) is 4.04. The van der Waals surface area contributed by atoms with Crippen molar-refractivity contribution in [2.75, 3.05) is 0 Å². The van der Waals surface area contributed by atoms with Crippen LogP contribution < -0.4 is 0 Å². The lowest BCUT2D eigenvalue weighted by molar-refractivity contribution is -0.142. The Morgan fingerprint density at radius 2 is 1.64 bits per heavy atom. The zero-order chi connectivity index (χ0) is 7.98. The van der Waals surface area contributed by atoms with Gasteiger partial charge in [-0.25, -0.2) is 0 Å². The van der Waals surface area contributed by atoms with Crippen molar-refractivity contribution >= 4 is 18.4 Å². The summed E-state index contributed by atoms with van der Waals surface area (Å²) in [4.78, 5) is 10.5. The van der Waals surface area contributed by atoms with Crippen molar-refractivity contribution in [2.45, 2.75) is 39.5 Å². The van der Waals surface area contributed by atoms with Crippen molar-refractivity contribution in [1.82, 2.24) is 0 Å². The molecule has 0 aromatic rings. The lowest BCUT2D eigenvalue weighted by atomic mass is 9.99. The fourth-order valence-corrected chi connectivity index (χ4v) is 1.09. The average Bonchev–Trinajstić information content (AvgIpc) is 1.87. The Bertz CT molecular complexity index is 98.3. The smallest absolute Gasteiger partial charge is 0.306 e. The van der Waals surface area contributed by atoms with E-state index in [4.69, 9.17) is 5.11 Å². The van der Waals surface area contributed by atoms with Gasteiger partial charge in [-0.15, -0.1) is 12.4 Å². The molecule has 0 rings (SSSR count). The van der Waals surface area contributed by atoms with E-state index < -0.39 is 5.97 Å². The third-order valence-electron chi connectivity index (χ3n) is 1.62. The molecule has 0 radical (unpaired) electrons. The maximum atomic E-state index is 10.5. The van der Waals surface area contributed by atoms with E-state index in [9.17, 15) is 4.79 Å². The minimum absolute atomic E-state index is 0. The molecule has 0 atom stereocenters. The maximum absolute atomic E-state index is 10.5. The van der Waals surface area contributed by atoms with Crippen LogP contribution in [0.3, 0.4) is 0 Å². The fraction of sp³-hybridized carbons (Fsp3) is 0.875. The van der Waals surface area contributed by atoms with Gasteiger partial charge < -0.3 is 5.11 Å². The number of hydrogen-bond acceptors (Lipinski definition) is 1. The predicted octanol–water partition coefficient (Wildman–Crippen LogP) is 2.71. The summed E-state index contributed by atoms with van der Waals surface area (Å²) in [5, 5.41) is 8.64. The van der Waals surface area contributed by atoms with Crippen LogP contribution in [0.5, 0.6) is 0 Å². The molecular weight excluding hydrogens is 164 g/mol. The van der Waals surface area contributed by atoms with E-state index in [1.165, 1.54) is 0 Å². The Kier molecular flexibility index (Phi) is 9.55. The first-order valence-electron chi connectivity index (χ1n) is 3.95. The minimum Gasteiger partial charge on any atom is -0.481 e. The molecule has 0 heterocycles. The molecule has 0 spiro atoms. The number of carboxylic acids is 1. The van der Waals surface area contributed by atoms with Gasteiger partial charge in [0.2, 0.25) is 0 Å². The number of aliphatic carboxylic acids is 1. The summed E-state index contributed by atoms with van der Waals surface area (Å²) in [6.07, 6.45) is 3.58. The molecule has 0 amide bonds.